The minimum Gasteiger partial charge on any atom is -0.298 e. The van der Waals surface area contributed by atoms with Crippen LogP contribution in [0.1, 0.15) is 12.0 Å². The maximum atomic E-state index is 12.3. The number of aromatic nitrogens is 2. The largest absolute Gasteiger partial charge is 0.298 e. The molecule has 19 heavy (non-hydrogen) atoms. The van der Waals surface area contributed by atoms with E-state index in [0.717, 1.165) is 10.4 Å². The molecule has 0 spiro atoms. The maximum absolute atomic E-state index is 12.3. The van der Waals surface area contributed by atoms with Crippen molar-refractivity contribution in [1.29, 1.82) is 0 Å². The van der Waals surface area contributed by atoms with Crippen LogP contribution in [0.5, 0.6) is 0 Å². The number of sulfone groups is 1. The van der Waals surface area contributed by atoms with Crippen molar-refractivity contribution in [1.82, 2.24) is 9.55 Å². The summed E-state index contributed by atoms with van der Waals surface area (Å²) in [7, 11) is -2.90. The summed E-state index contributed by atoms with van der Waals surface area (Å²) in [6.45, 7) is 2.34. The number of fused-ring (bicyclic) bond motifs is 1. The topological polar surface area (TPSA) is 69.0 Å². The summed E-state index contributed by atoms with van der Waals surface area (Å²) in [4.78, 5) is 17.4. The van der Waals surface area contributed by atoms with Gasteiger partial charge in [0.2, 0.25) is 0 Å². The van der Waals surface area contributed by atoms with Crippen LogP contribution in [0.15, 0.2) is 16.5 Å². The third-order valence-corrected chi connectivity index (χ3v) is 6.37. The van der Waals surface area contributed by atoms with Gasteiger partial charge in [-0.3, -0.25) is 9.36 Å². The molecule has 102 valence electrons. The summed E-state index contributed by atoms with van der Waals surface area (Å²) in [5.41, 5.74) is 0.874. The number of hydrogen-bond acceptors (Lipinski definition) is 5. The van der Waals surface area contributed by atoms with Crippen molar-refractivity contribution in [3.05, 3.63) is 27.6 Å². The first-order valence-corrected chi connectivity index (χ1v) is 8.80. The molecule has 0 unspecified atom stereocenters. The molecule has 1 fully saturated rings. The molecule has 0 aliphatic carbocycles. The van der Waals surface area contributed by atoms with Crippen LogP contribution < -0.4 is 5.56 Å². The molecule has 1 saturated heterocycles. The summed E-state index contributed by atoms with van der Waals surface area (Å²) < 4.78 is 24.4. The Morgan fingerprint density at radius 3 is 3.00 bits per heavy atom. The Bertz CT molecular complexity index is 789. The second kappa shape index (κ2) is 4.42. The van der Waals surface area contributed by atoms with Gasteiger partial charge in [0.1, 0.15) is 4.83 Å². The Kier molecular flexibility index (Phi) is 2.98. The first-order chi connectivity index (χ1) is 8.96. The Morgan fingerprint density at radius 2 is 2.32 bits per heavy atom. The monoisotopic (exact) mass is 298 g/mol. The number of aryl methyl sites for hydroxylation is 1. The minimum atomic E-state index is -2.90. The molecule has 0 aromatic carbocycles. The van der Waals surface area contributed by atoms with Crippen molar-refractivity contribution >= 4 is 31.4 Å². The third kappa shape index (κ3) is 2.32. The van der Waals surface area contributed by atoms with Gasteiger partial charge in [-0.1, -0.05) is 0 Å². The van der Waals surface area contributed by atoms with E-state index in [2.05, 4.69) is 4.98 Å². The molecule has 3 rings (SSSR count). The minimum absolute atomic E-state index is 0.0286. The highest BCUT2D eigenvalue weighted by molar-refractivity contribution is 7.91. The van der Waals surface area contributed by atoms with E-state index in [1.165, 1.54) is 17.7 Å². The molecule has 1 aliphatic heterocycles. The fourth-order valence-corrected chi connectivity index (χ4v) is 5.26. The van der Waals surface area contributed by atoms with Crippen LogP contribution in [-0.2, 0) is 16.4 Å². The van der Waals surface area contributed by atoms with E-state index < -0.39 is 9.84 Å². The van der Waals surface area contributed by atoms with Crippen molar-refractivity contribution < 1.29 is 8.42 Å². The highest BCUT2D eigenvalue weighted by Gasteiger charge is 2.28. The summed E-state index contributed by atoms with van der Waals surface area (Å²) >= 11 is 1.46. The van der Waals surface area contributed by atoms with Crippen molar-refractivity contribution in [3.63, 3.8) is 0 Å². The number of rotatable bonds is 2. The molecule has 1 atom stereocenters. The first kappa shape index (κ1) is 12.8. The van der Waals surface area contributed by atoms with E-state index >= 15 is 0 Å². The van der Waals surface area contributed by atoms with Crippen LogP contribution in [-0.4, -0.2) is 29.5 Å². The highest BCUT2D eigenvalue weighted by Crippen LogP contribution is 2.22. The van der Waals surface area contributed by atoms with Gasteiger partial charge in [0, 0.05) is 6.54 Å². The van der Waals surface area contributed by atoms with Gasteiger partial charge in [-0.2, -0.15) is 0 Å². The molecule has 3 heterocycles. The molecule has 0 bridgehead atoms. The number of hydrogen-bond donors (Lipinski definition) is 0. The van der Waals surface area contributed by atoms with Gasteiger partial charge < -0.3 is 0 Å². The normalized spacial score (nSPS) is 22.1. The lowest BCUT2D eigenvalue weighted by molar-refractivity contribution is 0.479. The highest BCUT2D eigenvalue weighted by atomic mass is 32.2. The fraction of sp³-hybridized carbons (Fsp3) is 0.500. The summed E-state index contributed by atoms with van der Waals surface area (Å²) in [5.74, 6) is 0.445. The molecule has 0 radical (unpaired) electrons. The van der Waals surface area contributed by atoms with E-state index in [-0.39, 0.29) is 23.0 Å². The SMILES string of the molecule is Cc1csc2ncn(C[C@@H]3CCS(=O)(=O)C3)c(=O)c12. The van der Waals surface area contributed by atoms with Gasteiger partial charge in [-0.25, -0.2) is 13.4 Å². The average molecular weight is 298 g/mol. The quantitative estimate of drug-likeness (QED) is 0.835. The van der Waals surface area contributed by atoms with Crippen LogP contribution in [0.25, 0.3) is 10.2 Å². The van der Waals surface area contributed by atoms with E-state index in [1.54, 1.807) is 4.57 Å². The van der Waals surface area contributed by atoms with E-state index in [9.17, 15) is 13.2 Å². The van der Waals surface area contributed by atoms with Crippen molar-refractivity contribution in [2.24, 2.45) is 5.92 Å². The molecule has 0 amide bonds. The molecule has 2 aromatic heterocycles. The predicted molar refractivity (Wildman–Crippen MR) is 75.4 cm³/mol. The van der Waals surface area contributed by atoms with Crippen molar-refractivity contribution in [2.45, 2.75) is 19.9 Å². The Hall–Kier alpha value is -1.21. The van der Waals surface area contributed by atoms with Gasteiger partial charge in [0.05, 0.1) is 23.2 Å². The molecule has 2 aromatic rings. The molecule has 7 heteroatoms. The Balaban J connectivity index is 1.96. The zero-order chi connectivity index (χ0) is 13.6. The zero-order valence-corrected chi connectivity index (χ0v) is 12.1. The molecular weight excluding hydrogens is 284 g/mol. The van der Waals surface area contributed by atoms with Crippen LogP contribution in [0.4, 0.5) is 0 Å². The van der Waals surface area contributed by atoms with Gasteiger partial charge in [0.25, 0.3) is 5.56 Å². The first-order valence-electron chi connectivity index (χ1n) is 6.10. The van der Waals surface area contributed by atoms with Crippen molar-refractivity contribution in [3.8, 4) is 0 Å². The Labute approximate surface area is 114 Å². The lowest BCUT2D eigenvalue weighted by Gasteiger charge is -2.10. The zero-order valence-electron chi connectivity index (χ0n) is 10.5. The smallest absolute Gasteiger partial charge is 0.262 e. The van der Waals surface area contributed by atoms with Gasteiger partial charge in [0.15, 0.2) is 9.84 Å². The van der Waals surface area contributed by atoms with Gasteiger partial charge in [-0.05, 0) is 30.2 Å². The van der Waals surface area contributed by atoms with Crippen LogP contribution >= 0.6 is 11.3 Å². The predicted octanol–water partition coefficient (Wildman–Crippen LogP) is 1.20. The third-order valence-electron chi connectivity index (χ3n) is 3.53. The summed E-state index contributed by atoms with van der Waals surface area (Å²) in [5, 5.41) is 2.58. The van der Waals surface area contributed by atoms with Crippen LogP contribution in [0.3, 0.4) is 0 Å². The number of thiophene rings is 1. The number of nitrogens with zero attached hydrogens (tertiary/aromatic N) is 2. The van der Waals surface area contributed by atoms with Crippen LogP contribution in [0.2, 0.25) is 0 Å². The maximum Gasteiger partial charge on any atom is 0.262 e. The van der Waals surface area contributed by atoms with Gasteiger partial charge in [-0.15, -0.1) is 11.3 Å². The molecule has 0 saturated carbocycles. The average Bonchev–Trinajstić information content (AvgIpc) is 2.87. The van der Waals surface area contributed by atoms with E-state index in [1.807, 2.05) is 12.3 Å². The van der Waals surface area contributed by atoms with E-state index in [0.29, 0.717) is 18.4 Å². The standard InChI is InChI=1S/C12H14N2O3S2/c1-8-5-18-11-10(8)12(15)14(7-13-11)4-9-2-3-19(16,17)6-9/h5,7,9H,2-4,6H2,1H3/t9-/m0/s1. The lowest BCUT2D eigenvalue weighted by atomic mass is 10.1. The molecular formula is C12H14N2O3S2. The van der Waals surface area contributed by atoms with Crippen molar-refractivity contribution in [2.75, 3.05) is 11.5 Å². The fourth-order valence-electron chi connectivity index (χ4n) is 2.53. The molecule has 0 N–H and O–H groups in total. The van der Waals surface area contributed by atoms with Crippen LogP contribution in [0, 0.1) is 12.8 Å². The second-order valence-electron chi connectivity index (χ2n) is 5.07. The van der Waals surface area contributed by atoms with Gasteiger partial charge >= 0.3 is 0 Å². The summed E-state index contributed by atoms with van der Waals surface area (Å²) in [6, 6.07) is 0. The Morgan fingerprint density at radius 1 is 1.53 bits per heavy atom. The second-order valence-corrected chi connectivity index (χ2v) is 8.16. The summed E-state index contributed by atoms with van der Waals surface area (Å²) in [6.07, 6.45) is 2.17. The van der Waals surface area contributed by atoms with E-state index in [4.69, 9.17) is 0 Å². The lowest BCUT2D eigenvalue weighted by Crippen LogP contribution is -2.25. The molecule has 5 nitrogen and oxygen atoms in total. The molecule has 1 aliphatic rings.